The molecular weight excluding hydrogens is 206 g/mol. The molecule has 1 rings (SSSR count). The van der Waals surface area contributed by atoms with Gasteiger partial charge >= 0.3 is 0 Å². The molecule has 0 bridgehead atoms. The number of ketones is 1. The highest BCUT2D eigenvalue weighted by molar-refractivity contribution is 5.94. The second-order valence-corrected chi connectivity index (χ2v) is 3.69. The summed E-state index contributed by atoms with van der Waals surface area (Å²) in [5.74, 6) is 0.254. The highest BCUT2D eigenvalue weighted by Crippen LogP contribution is 2.01. The van der Waals surface area contributed by atoms with Crippen LogP contribution in [-0.2, 0) is 9.59 Å². The average Bonchev–Trinajstić information content (AvgIpc) is 2.75. The summed E-state index contributed by atoms with van der Waals surface area (Å²) in [6.45, 7) is 3.67. The Bertz CT molecular complexity index is 377. The van der Waals surface area contributed by atoms with E-state index in [0.717, 1.165) is 0 Å². The van der Waals surface area contributed by atoms with E-state index < -0.39 is 0 Å². The first-order chi connectivity index (χ1) is 7.59. The summed E-state index contributed by atoms with van der Waals surface area (Å²) in [4.78, 5) is 22.5. The molecule has 1 aromatic rings. The smallest absolute Gasteiger partial charge is 0.244 e. The van der Waals surface area contributed by atoms with Crippen LogP contribution >= 0.6 is 0 Å². The van der Waals surface area contributed by atoms with E-state index in [1.54, 1.807) is 32.1 Å². The van der Waals surface area contributed by atoms with Crippen molar-refractivity contribution >= 4 is 17.8 Å². The molecule has 0 radical (unpaired) electrons. The minimum atomic E-state index is -0.301. The molecule has 0 unspecified atom stereocenters. The summed E-state index contributed by atoms with van der Waals surface area (Å²) >= 11 is 0. The molecule has 86 valence electrons. The first kappa shape index (κ1) is 12.2. The van der Waals surface area contributed by atoms with Crippen LogP contribution in [-0.4, -0.2) is 18.2 Å². The van der Waals surface area contributed by atoms with Crippen LogP contribution in [0.4, 0.5) is 0 Å². The molecule has 4 heteroatoms. The zero-order valence-electron chi connectivity index (χ0n) is 9.40. The molecular formula is C12H15NO3. The lowest BCUT2D eigenvalue weighted by Gasteiger charge is -2.03. The summed E-state index contributed by atoms with van der Waals surface area (Å²) in [5, 5.41) is 2.51. The van der Waals surface area contributed by atoms with Crippen LogP contribution in [0.1, 0.15) is 19.6 Å². The quantitative estimate of drug-likeness (QED) is 0.769. The maximum atomic E-state index is 11.3. The van der Waals surface area contributed by atoms with Gasteiger partial charge in [-0.2, -0.15) is 0 Å². The fourth-order valence-corrected chi connectivity index (χ4v) is 0.981. The topological polar surface area (TPSA) is 59.3 Å². The summed E-state index contributed by atoms with van der Waals surface area (Å²) in [6.07, 6.45) is 4.42. The molecule has 1 aromatic heterocycles. The highest BCUT2D eigenvalue weighted by Gasteiger charge is 2.07. The lowest BCUT2D eigenvalue weighted by atomic mass is 10.1. The largest absolute Gasteiger partial charge is 0.465 e. The van der Waals surface area contributed by atoms with E-state index in [0.29, 0.717) is 5.76 Å². The minimum Gasteiger partial charge on any atom is -0.465 e. The van der Waals surface area contributed by atoms with Gasteiger partial charge in [0.25, 0.3) is 0 Å². The third kappa shape index (κ3) is 4.13. The SMILES string of the molecule is CC(C)C(=O)CNC(=O)/C=C/c1ccco1. The molecule has 0 aliphatic heterocycles. The first-order valence-electron chi connectivity index (χ1n) is 5.11. The zero-order valence-corrected chi connectivity index (χ0v) is 9.40. The Morgan fingerprint density at radius 1 is 1.50 bits per heavy atom. The number of amides is 1. The molecule has 0 spiro atoms. The maximum Gasteiger partial charge on any atom is 0.244 e. The van der Waals surface area contributed by atoms with E-state index in [4.69, 9.17) is 4.42 Å². The van der Waals surface area contributed by atoms with E-state index in [2.05, 4.69) is 5.32 Å². The van der Waals surface area contributed by atoms with Crippen molar-refractivity contribution in [2.45, 2.75) is 13.8 Å². The number of furan rings is 1. The molecule has 0 saturated heterocycles. The standard InChI is InChI=1S/C12H15NO3/c1-9(2)11(14)8-13-12(15)6-5-10-4-3-7-16-10/h3-7,9H,8H2,1-2H3,(H,13,15)/b6-5+. The average molecular weight is 221 g/mol. The predicted molar refractivity (Wildman–Crippen MR) is 60.6 cm³/mol. The molecule has 1 heterocycles. The highest BCUT2D eigenvalue weighted by atomic mass is 16.3. The van der Waals surface area contributed by atoms with Crippen LogP contribution in [0.2, 0.25) is 0 Å². The minimum absolute atomic E-state index is 0.0137. The van der Waals surface area contributed by atoms with Crippen molar-refractivity contribution < 1.29 is 14.0 Å². The number of nitrogens with one attached hydrogen (secondary N) is 1. The molecule has 0 saturated carbocycles. The molecule has 1 amide bonds. The molecule has 0 aromatic carbocycles. The third-order valence-electron chi connectivity index (χ3n) is 2.02. The number of carbonyl (C=O) groups is 2. The molecule has 16 heavy (non-hydrogen) atoms. The number of hydrogen-bond donors (Lipinski definition) is 1. The van der Waals surface area contributed by atoms with Gasteiger partial charge in [0.1, 0.15) is 5.76 Å². The molecule has 0 fully saturated rings. The second-order valence-electron chi connectivity index (χ2n) is 3.69. The zero-order chi connectivity index (χ0) is 12.0. The van der Waals surface area contributed by atoms with Crippen LogP contribution in [0, 0.1) is 5.92 Å². The van der Waals surface area contributed by atoms with E-state index in [-0.39, 0.29) is 24.2 Å². The Morgan fingerprint density at radius 3 is 2.81 bits per heavy atom. The summed E-state index contributed by atoms with van der Waals surface area (Å²) in [6, 6.07) is 3.48. The van der Waals surface area contributed by atoms with Crippen molar-refractivity contribution in [2.24, 2.45) is 5.92 Å². The van der Waals surface area contributed by atoms with Gasteiger partial charge in [0.2, 0.25) is 5.91 Å². The van der Waals surface area contributed by atoms with Crippen LogP contribution in [0.5, 0.6) is 0 Å². The summed E-state index contributed by atoms with van der Waals surface area (Å²) in [5.41, 5.74) is 0. The van der Waals surface area contributed by atoms with Crippen LogP contribution in [0.15, 0.2) is 28.9 Å². The van der Waals surface area contributed by atoms with E-state index in [1.165, 1.54) is 12.3 Å². The third-order valence-corrected chi connectivity index (χ3v) is 2.02. The molecule has 0 aliphatic rings. The lowest BCUT2D eigenvalue weighted by molar-refractivity contribution is -0.124. The number of rotatable bonds is 5. The predicted octanol–water partition coefficient (Wildman–Crippen LogP) is 1.63. The van der Waals surface area contributed by atoms with E-state index in [9.17, 15) is 9.59 Å². The fraction of sp³-hybridized carbons (Fsp3) is 0.333. The normalized spacial score (nSPS) is 10.9. The maximum absolute atomic E-state index is 11.3. The van der Waals surface area contributed by atoms with Crippen LogP contribution in [0.3, 0.4) is 0 Å². The second kappa shape index (κ2) is 5.90. The van der Waals surface area contributed by atoms with Crippen LogP contribution in [0.25, 0.3) is 6.08 Å². The van der Waals surface area contributed by atoms with Gasteiger partial charge in [-0.05, 0) is 18.2 Å². The summed E-state index contributed by atoms with van der Waals surface area (Å²) in [7, 11) is 0. The Hall–Kier alpha value is -1.84. The lowest BCUT2D eigenvalue weighted by Crippen LogP contribution is -2.30. The van der Waals surface area contributed by atoms with Gasteiger partial charge in [-0.15, -0.1) is 0 Å². The van der Waals surface area contributed by atoms with Crippen molar-refractivity contribution in [1.82, 2.24) is 5.32 Å². The van der Waals surface area contributed by atoms with Crippen molar-refractivity contribution in [3.63, 3.8) is 0 Å². The fourth-order valence-electron chi connectivity index (χ4n) is 0.981. The van der Waals surface area contributed by atoms with Gasteiger partial charge in [-0.1, -0.05) is 13.8 Å². The summed E-state index contributed by atoms with van der Waals surface area (Å²) < 4.78 is 5.01. The molecule has 0 aliphatic carbocycles. The van der Waals surface area contributed by atoms with Crippen LogP contribution < -0.4 is 5.32 Å². The van der Waals surface area contributed by atoms with Crippen molar-refractivity contribution in [3.05, 3.63) is 30.2 Å². The number of carbonyl (C=O) groups excluding carboxylic acids is 2. The van der Waals surface area contributed by atoms with Gasteiger partial charge in [0, 0.05) is 12.0 Å². The van der Waals surface area contributed by atoms with E-state index in [1.807, 2.05) is 0 Å². The van der Waals surface area contributed by atoms with Crippen molar-refractivity contribution in [3.8, 4) is 0 Å². The Balaban J connectivity index is 2.34. The molecule has 4 nitrogen and oxygen atoms in total. The van der Waals surface area contributed by atoms with Gasteiger partial charge in [-0.3, -0.25) is 9.59 Å². The molecule has 1 N–H and O–H groups in total. The Kier molecular flexibility index (Phi) is 4.51. The van der Waals surface area contributed by atoms with E-state index >= 15 is 0 Å². The van der Waals surface area contributed by atoms with Gasteiger partial charge in [-0.25, -0.2) is 0 Å². The van der Waals surface area contributed by atoms with Crippen molar-refractivity contribution in [1.29, 1.82) is 0 Å². The Morgan fingerprint density at radius 2 is 2.25 bits per heavy atom. The van der Waals surface area contributed by atoms with Gasteiger partial charge < -0.3 is 9.73 Å². The monoisotopic (exact) mass is 221 g/mol. The number of Topliss-reactive ketones (excluding diaryl/α,β-unsaturated/α-hetero) is 1. The molecule has 0 atom stereocenters. The first-order valence-corrected chi connectivity index (χ1v) is 5.11. The van der Waals surface area contributed by atoms with Crippen molar-refractivity contribution in [2.75, 3.05) is 6.54 Å². The Labute approximate surface area is 94.3 Å². The van der Waals surface area contributed by atoms with Gasteiger partial charge in [0.05, 0.1) is 12.8 Å². The number of hydrogen-bond acceptors (Lipinski definition) is 3. The van der Waals surface area contributed by atoms with Gasteiger partial charge in [0.15, 0.2) is 5.78 Å².